The molecule has 0 aromatic heterocycles. The highest BCUT2D eigenvalue weighted by atomic mass is 19.1. The van der Waals surface area contributed by atoms with Crippen molar-refractivity contribution in [1.82, 2.24) is 0 Å². The van der Waals surface area contributed by atoms with Crippen molar-refractivity contribution in [2.75, 3.05) is 12.4 Å². The van der Waals surface area contributed by atoms with Crippen LogP contribution in [0.25, 0.3) is 0 Å². The van der Waals surface area contributed by atoms with E-state index in [1.165, 1.54) is 12.1 Å². The van der Waals surface area contributed by atoms with Crippen molar-refractivity contribution in [2.24, 2.45) is 0 Å². The maximum Gasteiger partial charge on any atom is 0.149 e. The molecule has 0 spiro atoms. The quantitative estimate of drug-likeness (QED) is 0.833. The third-order valence-electron chi connectivity index (χ3n) is 2.72. The summed E-state index contributed by atoms with van der Waals surface area (Å²) in [5.41, 5.74) is 0.357. The van der Waals surface area contributed by atoms with E-state index in [0.717, 1.165) is 18.9 Å². The van der Waals surface area contributed by atoms with Gasteiger partial charge in [0.25, 0.3) is 0 Å². The molecule has 2 nitrogen and oxygen atoms in total. The Morgan fingerprint density at radius 1 is 1.33 bits per heavy atom. The van der Waals surface area contributed by atoms with Gasteiger partial charge in [-0.3, -0.25) is 0 Å². The molecule has 0 atom stereocenters. The minimum atomic E-state index is -0.554. The standard InChI is InChI=1S/C11H13F2NO/c1-15-9-5-8(6-9)14-11-3-2-7(12)4-10(11)13/h2-4,8-9,14H,5-6H2,1H3. The Bertz CT molecular complexity index is 350. The lowest BCUT2D eigenvalue weighted by Gasteiger charge is -2.35. The van der Waals surface area contributed by atoms with Gasteiger partial charge < -0.3 is 10.1 Å². The molecule has 0 unspecified atom stereocenters. The molecular weight excluding hydrogens is 200 g/mol. The summed E-state index contributed by atoms with van der Waals surface area (Å²) in [6, 6.07) is 3.78. The predicted molar refractivity (Wildman–Crippen MR) is 53.8 cm³/mol. The Balaban J connectivity index is 1.94. The highest BCUT2D eigenvalue weighted by Crippen LogP contribution is 2.27. The van der Waals surface area contributed by atoms with E-state index in [1.807, 2.05) is 0 Å². The Hall–Kier alpha value is -1.16. The van der Waals surface area contributed by atoms with Gasteiger partial charge in [-0.2, -0.15) is 0 Å². The number of anilines is 1. The average molecular weight is 213 g/mol. The first kappa shape index (κ1) is 10.4. The van der Waals surface area contributed by atoms with Crippen LogP contribution < -0.4 is 5.32 Å². The summed E-state index contributed by atoms with van der Waals surface area (Å²) in [6.07, 6.45) is 2.01. The molecule has 2 rings (SSSR count). The fraction of sp³-hybridized carbons (Fsp3) is 0.455. The van der Waals surface area contributed by atoms with E-state index < -0.39 is 11.6 Å². The van der Waals surface area contributed by atoms with Crippen molar-refractivity contribution < 1.29 is 13.5 Å². The van der Waals surface area contributed by atoms with E-state index in [4.69, 9.17) is 4.74 Å². The molecule has 0 radical (unpaired) electrons. The molecule has 0 saturated heterocycles. The summed E-state index contributed by atoms with van der Waals surface area (Å²) >= 11 is 0. The summed E-state index contributed by atoms with van der Waals surface area (Å²) in [4.78, 5) is 0. The summed E-state index contributed by atoms with van der Waals surface area (Å²) in [5, 5.41) is 3.02. The van der Waals surface area contributed by atoms with E-state index in [1.54, 1.807) is 7.11 Å². The Kier molecular flexibility index (Phi) is 2.86. The van der Waals surface area contributed by atoms with Gasteiger partial charge in [-0.05, 0) is 25.0 Å². The number of hydrogen-bond donors (Lipinski definition) is 1. The van der Waals surface area contributed by atoms with Crippen LogP contribution >= 0.6 is 0 Å². The van der Waals surface area contributed by atoms with E-state index in [2.05, 4.69) is 5.32 Å². The van der Waals surface area contributed by atoms with Crippen LogP contribution in [-0.4, -0.2) is 19.3 Å². The van der Waals surface area contributed by atoms with Crippen molar-refractivity contribution in [3.63, 3.8) is 0 Å². The Morgan fingerprint density at radius 2 is 2.07 bits per heavy atom. The highest BCUT2D eigenvalue weighted by Gasteiger charge is 2.29. The van der Waals surface area contributed by atoms with Crippen molar-refractivity contribution >= 4 is 5.69 Å². The van der Waals surface area contributed by atoms with Crippen molar-refractivity contribution in [3.8, 4) is 0 Å². The zero-order valence-electron chi connectivity index (χ0n) is 8.47. The summed E-state index contributed by atoms with van der Waals surface area (Å²) in [5.74, 6) is -1.10. The molecule has 1 aromatic rings. The smallest absolute Gasteiger partial charge is 0.149 e. The van der Waals surface area contributed by atoms with Gasteiger partial charge in [-0.25, -0.2) is 8.78 Å². The summed E-state index contributed by atoms with van der Waals surface area (Å²) < 4.78 is 30.9. The minimum absolute atomic E-state index is 0.231. The lowest BCUT2D eigenvalue weighted by atomic mass is 9.89. The van der Waals surface area contributed by atoms with Crippen molar-refractivity contribution in [2.45, 2.75) is 25.0 Å². The number of rotatable bonds is 3. The molecule has 1 aliphatic carbocycles. The molecule has 1 aliphatic rings. The van der Waals surface area contributed by atoms with Crippen molar-refractivity contribution in [1.29, 1.82) is 0 Å². The third kappa shape index (κ3) is 2.26. The molecule has 1 aromatic carbocycles. The number of hydrogen-bond acceptors (Lipinski definition) is 2. The van der Waals surface area contributed by atoms with Crippen LogP contribution in [-0.2, 0) is 4.74 Å². The molecule has 0 amide bonds. The lowest BCUT2D eigenvalue weighted by Crippen LogP contribution is -2.40. The normalized spacial score (nSPS) is 24.7. The lowest BCUT2D eigenvalue weighted by molar-refractivity contribution is 0.0328. The van der Waals surface area contributed by atoms with Gasteiger partial charge in [0, 0.05) is 19.2 Å². The molecule has 0 bridgehead atoms. The van der Waals surface area contributed by atoms with E-state index in [0.29, 0.717) is 5.69 Å². The molecule has 0 aliphatic heterocycles. The fourth-order valence-electron chi connectivity index (χ4n) is 1.70. The molecule has 4 heteroatoms. The molecule has 1 saturated carbocycles. The van der Waals surface area contributed by atoms with Crippen LogP contribution in [0.1, 0.15) is 12.8 Å². The molecular formula is C11H13F2NO. The van der Waals surface area contributed by atoms with Crippen LogP contribution in [0, 0.1) is 11.6 Å². The van der Waals surface area contributed by atoms with E-state index in [9.17, 15) is 8.78 Å². The first-order valence-corrected chi connectivity index (χ1v) is 4.93. The van der Waals surface area contributed by atoms with E-state index in [-0.39, 0.29) is 12.1 Å². The molecule has 1 fully saturated rings. The third-order valence-corrected chi connectivity index (χ3v) is 2.72. The number of ether oxygens (including phenoxy) is 1. The van der Waals surface area contributed by atoms with Gasteiger partial charge in [0.15, 0.2) is 0 Å². The number of methoxy groups -OCH3 is 1. The van der Waals surface area contributed by atoms with E-state index >= 15 is 0 Å². The van der Waals surface area contributed by atoms with Gasteiger partial charge in [0.2, 0.25) is 0 Å². The van der Waals surface area contributed by atoms with Crippen LogP contribution in [0.15, 0.2) is 18.2 Å². The zero-order chi connectivity index (χ0) is 10.8. The number of nitrogens with one attached hydrogen (secondary N) is 1. The second-order valence-electron chi connectivity index (χ2n) is 3.79. The molecule has 15 heavy (non-hydrogen) atoms. The van der Waals surface area contributed by atoms with Gasteiger partial charge in [0.05, 0.1) is 11.8 Å². The van der Waals surface area contributed by atoms with Crippen molar-refractivity contribution in [3.05, 3.63) is 29.8 Å². The van der Waals surface area contributed by atoms with Crippen LogP contribution in [0.2, 0.25) is 0 Å². The van der Waals surface area contributed by atoms with Crippen LogP contribution in [0.4, 0.5) is 14.5 Å². The van der Waals surface area contributed by atoms with Gasteiger partial charge in [-0.1, -0.05) is 0 Å². The molecule has 82 valence electrons. The summed E-state index contributed by atoms with van der Waals surface area (Å²) in [7, 11) is 1.67. The Labute approximate surface area is 87.2 Å². The molecule has 1 N–H and O–H groups in total. The topological polar surface area (TPSA) is 21.3 Å². The Morgan fingerprint density at radius 3 is 2.67 bits per heavy atom. The zero-order valence-corrected chi connectivity index (χ0v) is 8.47. The maximum atomic E-state index is 13.2. The first-order chi connectivity index (χ1) is 7.19. The monoisotopic (exact) mass is 213 g/mol. The van der Waals surface area contributed by atoms with Gasteiger partial charge in [-0.15, -0.1) is 0 Å². The SMILES string of the molecule is COC1CC(Nc2ccc(F)cc2F)C1. The van der Waals surface area contributed by atoms with Crippen LogP contribution in [0.3, 0.4) is 0 Å². The minimum Gasteiger partial charge on any atom is -0.381 e. The second-order valence-corrected chi connectivity index (χ2v) is 3.79. The maximum absolute atomic E-state index is 13.2. The largest absolute Gasteiger partial charge is 0.381 e. The predicted octanol–water partition coefficient (Wildman–Crippen LogP) is 2.55. The van der Waals surface area contributed by atoms with Gasteiger partial charge in [0.1, 0.15) is 11.6 Å². The molecule has 0 heterocycles. The van der Waals surface area contributed by atoms with Crippen LogP contribution in [0.5, 0.6) is 0 Å². The number of benzene rings is 1. The average Bonchev–Trinajstić information content (AvgIpc) is 2.13. The van der Waals surface area contributed by atoms with Gasteiger partial charge >= 0.3 is 0 Å². The highest BCUT2D eigenvalue weighted by molar-refractivity contribution is 5.46. The number of halogens is 2. The first-order valence-electron chi connectivity index (χ1n) is 4.93. The summed E-state index contributed by atoms with van der Waals surface area (Å²) in [6.45, 7) is 0. The second kappa shape index (κ2) is 4.14. The fourth-order valence-corrected chi connectivity index (χ4v) is 1.70.